The van der Waals surface area contributed by atoms with Crippen LogP contribution >= 0.6 is 0 Å². The molecule has 1 unspecified atom stereocenters. The number of hydrogen-bond acceptors (Lipinski definition) is 4. The third kappa shape index (κ3) is 5.18. The summed E-state index contributed by atoms with van der Waals surface area (Å²) in [5, 5.41) is 12.1. The molecule has 1 amide bonds. The highest BCUT2D eigenvalue weighted by Gasteiger charge is 2.19. The van der Waals surface area contributed by atoms with Crippen LogP contribution in [0.25, 0.3) is 6.08 Å². The molecule has 6 nitrogen and oxygen atoms in total. The van der Waals surface area contributed by atoms with E-state index >= 15 is 0 Å². The zero-order chi connectivity index (χ0) is 18.2. The summed E-state index contributed by atoms with van der Waals surface area (Å²) in [5.41, 5.74) is 3.18. The first kappa shape index (κ1) is 19.2. The van der Waals surface area contributed by atoms with Crippen LogP contribution in [0.1, 0.15) is 36.2 Å². The zero-order valence-electron chi connectivity index (χ0n) is 15.3. The van der Waals surface area contributed by atoms with E-state index in [1.54, 1.807) is 13.2 Å². The number of carbonyl (C=O) groups excluding carboxylic acids is 1. The number of aromatic nitrogens is 1. The largest absolute Gasteiger partial charge is 0.385 e. The van der Waals surface area contributed by atoms with Gasteiger partial charge in [-0.25, -0.2) is 0 Å². The van der Waals surface area contributed by atoms with E-state index in [0.717, 1.165) is 49.4 Å². The van der Waals surface area contributed by atoms with E-state index in [9.17, 15) is 10.1 Å². The highest BCUT2D eigenvalue weighted by atomic mass is 16.5. The average Bonchev–Trinajstić information content (AvgIpc) is 3.20. The normalized spacial score (nSPS) is 17.5. The van der Waals surface area contributed by atoms with E-state index in [1.165, 1.54) is 0 Å². The fourth-order valence-electron chi connectivity index (χ4n) is 3.06. The summed E-state index contributed by atoms with van der Waals surface area (Å²) in [4.78, 5) is 12.2. The van der Waals surface area contributed by atoms with E-state index in [1.807, 2.05) is 26.0 Å². The van der Waals surface area contributed by atoms with Gasteiger partial charge < -0.3 is 19.4 Å². The summed E-state index contributed by atoms with van der Waals surface area (Å²) in [7, 11) is 1.62. The molecule has 2 heterocycles. The lowest BCUT2D eigenvalue weighted by atomic mass is 10.1. The summed E-state index contributed by atoms with van der Waals surface area (Å²) in [6, 6.07) is 4.02. The van der Waals surface area contributed by atoms with Gasteiger partial charge in [0.25, 0.3) is 5.91 Å². The number of nitriles is 1. The van der Waals surface area contributed by atoms with Crippen molar-refractivity contribution in [3.63, 3.8) is 0 Å². The number of hydrogen-bond donors (Lipinski definition) is 1. The molecule has 1 aromatic rings. The predicted octanol–water partition coefficient (Wildman–Crippen LogP) is 2.34. The van der Waals surface area contributed by atoms with Gasteiger partial charge in [-0.1, -0.05) is 0 Å². The number of carbonyl (C=O) groups is 1. The number of ether oxygens (including phenoxy) is 2. The molecule has 1 saturated heterocycles. The Morgan fingerprint density at radius 3 is 3.00 bits per heavy atom. The molecule has 1 N–H and O–H groups in total. The lowest BCUT2D eigenvalue weighted by Gasteiger charge is -2.14. The monoisotopic (exact) mass is 345 g/mol. The average molecular weight is 345 g/mol. The van der Waals surface area contributed by atoms with Crippen molar-refractivity contribution in [2.45, 2.75) is 45.8 Å². The van der Waals surface area contributed by atoms with Gasteiger partial charge in [0.05, 0.1) is 6.10 Å². The topological polar surface area (TPSA) is 76.3 Å². The fraction of sp³-hybridized carbons (Fsp3) is 0.579. The Hall–Kier alpha value is -2.10. The summed E-state index contributed by atoms with van der Waals surface area (Å²) >= 11 is 0. The molecule has 1 aliphatic heterocycles. The number of aryl methyl sites for hydroxylation is 1. The van der Waals surface area contributed by atoms with Gasteiger partial charge in [-0.3, -0.25) is 4.79 Å². The van der Waals surface area contributed by atoms with Gasteiger partial charge in [0.2, 0.25) is 0 Å². The number of methoxy groups -OCH3 is 1. The van der Waals surface area contributed by atoms with Crippen LogP contribution in [0.15, 0.2) is 11.6 Å². The van der Waals surface area contributed by atoms with Crippen LogP contribution in [0, 0.1) is 25.2 Å². The van der Waals surface area contributed by atoms with Gasteiger partial charge in [0, 0.05) is 44.8 Å². The number of amides is 1. The third-order valence-electron chi connectivity index (χ3n) is 4.50. The van der Waals surface area contributed by atoms with Crippen LogP contribution in [0.5, 0.6) is 0 Å². The third-order valence-corrected chi connectivity index (χ3v) is 4.50. The second kappa shape index (κ2) is 9.40. The van der Waals surface area contributed by atoms with Crippen molar-refractivity contribution in [2.24, 2.45) is 0 Å². The van der Waals surface area contributed by atoms with Gasteiger partial charge in [-0.2, -0.15) is 5.26 Å². The van der Waals surface area contributed by atoms with Gasteiger partial charge in [-0.15, -0.1) is 0 Å². The second-order valence-electron chi connectivity index (χ2n) is 6.34. The molecule has 2 rings (SSSR count). The molecule has 0 bridgehead atoms. The van der Waals surface area contributed by atoms with Crippen molar-refractivity contribution >= 4 is 12.0 Å². The molecule has 1 fully saturated rings. The molecule has 25 heavy (non-hydrogen) atoms. The van der Waals surface area contributed by atoms with Crippen molar-refractivity contribution in [3.05, 3.63) is 28.6 Å². The van der Waals surface area contributed by atoms with E-state index in [-0.39, 0.29) is 17.6 Å². The molecule has 0 aliphatic carbocycles. The quantitative estimate of drug-likeness (QED) is 0.446. The molecule has 1 aliphatic rings. The van der Waals surface area contributed by atoms with Gasteiger partial charge >= 0.3 is 0 Å². The van der Waals surface area contributed by atoms with Crippen LogP contribution < -0.4 is 5.32 Å². The summed E-state index contributed by atoms with van der Waals surface area (Å²) in [5.74, 6) is -0.345. The van der Waals surface area contributed by atoms with E-state index in [0.29, 0.717) is 13.2 Å². The summed E-state index contributed by atoms with van der Waals surface area (Å²) in [6.07, 6.45) is 4.83. The first-order valence-electron chi connectivity index (χ1n) is 8.74. The molecular formula is C19H27N3O3. The maximum atomic E-state index is 12.2. The molecule has 1 aromatic heterocycles. The maximum Gasteiger partial charge on any atom is 0.261 e. The minimum atomic E-state index is -0.345. The molecule has 136 valence electrons. The molecule has 0 spiro atoms. The maximum absolute atomic E-state index is 12.2. The van der Waals surface area contributed by atoms with Crippen molar-refractivity contribution < 1.29 is 14.3 Å². The number of rotatable bonds is 8. The van der Waals surface area contributed by atoms with Gasteiger partial charge in [0.1, 0.15) is 11.6 Å². The van der Waals surface area contributed by atoms with Crippen LogP contribution in [0.2, 0.25) is 0 Å². The Morgan fingerprint density at radius 1 is 1.56 bits per heavy atom. The summed E-state index contributed by atoms with van der Waals surface area (Å²) in [6.45, 7) is 6.77. The van der Waals surface area contributed by atoms with Crippen LogP contribution in [-0.2, 0) is 20.8 Å². The van der Waals surface area contributed by atoms with Crippen LogP contribution in [0.3, 0.4) is 0 Å². The molecule has 6 heteroatoms. The van der Waals surface area contributed by atoms with Crippen molar-refractivity contribution in [1.82, 2.24) is 9.88 Å². The summed E-state index contributed by atoms with van der Waals surface area (Å²) < 4.78 is 12.9. The Labute approximate surface area is 149 Å². The first-order chi connectivity index (χ1) is 12.1. The van der Waals surface area contributed by atoms with Crippen molar-refractivity contribution in [3.8, 4) is 6.07 Å². The molecule has 0 aromatic carbocycles. The Balaban J connectivity index is 2.09. The number of nitrogens with zero attached hydrogens (tertiary/aromatic N) is 2. The van der Waals surface area contributed by atoms with Gasteiger partial charge in [0.15, 0.2) is 0 Å². The van der Waals surface area contributed by atoms with Crippen molar-refractivity contribution in [1.29, 1.82) is 5.26 Å². The second-order valence-corrected chi connectivity index (χ2v) is 6.34. The minimum Gasteiger partial charge on any atom is -0.385 e. The van der Waals surface area contributed by atoms with E-state index in [2.05, 4.69) is 9.88 Å². The molecular weight excluding hydrogens is 318 g/mol. The lowest BCUT2D eigenvalue weighted by Crippen LogP contribution is -2.26. The Morgan fingerprint density at radius 2 is 2.36 bits per heavy atom. The SMILES string of the molecule is COCCCNC(=O)/C(C#N)=C/c1cc(C)n(CC2CCCO2)c1C. The van der Waals surface area contributed by atoms with Crippen LogP contribution in [-0.4, -0.2) is 43.4 Å². The van der Waals surface area contributed by atoms with Gasteiger partial charge in [-0.05, 0) is 50.8 Å². The lowest BCUT2D eigenvalue weighted by molar-refractivity contribution is -0.117. The zero-order valence-corrected chi connectivity index (χ0v) is 15.3. The highest BCUT2D eigenvalue weighted by molar-refractivity contribution is 6.01. The standard InChI is InChI=1S/C19H27N3O3/c1-14-10-16(15(2)22(14)13-18-6-4-9-25-18)11-17(12-20)19(23)21-7-5-8-24-3/h10-11,18H,4-9,13H2,1-3H3,(H,21,23)/b17-11+. The van der Waals surface area contributed by atoms with E-state index in [4.69, 9.17) is 9.47 Å². The highest BCUT2D eigenvalue weighted by Crippen LogP contribution is 2.22. The van der Waals surface area contributed by atoms with Crippen molar-refractivity contribution in [2.75, 3.05) is 26.9 Å². The molecule has 0 saturated carbocycles. The molecule has 0 radical (unpaired) electrons. The smallest absolute Gasteiger partial charge is 0.261 e. The Bertz CT molecular complexity index is 664. The predicted molar refractivity (Wildman–Crippen MR) is 96.0 cm³/mol. The molecule has 1 atom stereocenters. The fourth-order valence-corrected chi connectivity index (χ4v) is 3.06. The van der Waals surface area contributed by atoms with E-state index < -0.39 is 0 Å². The first-order valence-corrected chi connectivity index (χ1v) is 8.74. The number of nitrogens with one attached hydrogen (secondary N) is 1. The minimum absolute atomic E-state index is 0.120. The van der Waals surface area contributed by atoms with Crippen LogP contribution in [0.4, 0.5) is 0 Å². The Kier molecular flexibility index (Phi) is 7.23.